The van der Waals surface area contributed by atoms with Crippen molar-refractivity contribution >= 4 is 17.3 Å². The first-order chi connectivity index (χ1) is 10.2. The fourth-order valence-corrected chi connectivity index (χ4v) is 2.22. The third-order valence-electron chi connectivity index (χ3n) is 3.28. The second kappa shape index (κ2) is 7.33. The molecule has 112 valence electrons. The molecule has 6 nitrogen and oxygen atoms in total. The summed E-state index contributed by atoms with van der Waals surface area (Å²) < 4.78 is 2.00. The van der Waals surface area contributed by atoms with Crippen molar-refractivity contribution in [3.8, 4) is 0 Å². The van der Waals surface area contributed by atoms with Gasteiger partial charge in [-0.15, -0.1) is 0 Å². The van der Waals surface area contributed by atoms with Gasteiger partial charge in [-0.2, -0.15) is 0 Å². The highest BCUT2D eigenvalue weighted by atomic mass is 16.4. The number of carboxylic acids is 1. The number of aliphatic carboxylic acids is 1. The molecule has 2 rings (SSSR count). The molecule has 1 aromatic heterocycles. The number of imidazole rings is 1. The van der Waals surface area contributed by atoms with Gasteiger partial charge in [0.15, 0.2) is 0 Å². The number of aryl methyl sites for hydroxylation is 1. The molecule has 0 aliphatic carbocycles. The maximum absolute atomic E-state index is 10.8. The molecule has 0 amide bonds. The molecule has 3 N–H and O–H groups in total. The first-order valence-corrected chi connectivity index (χ1v) is 6.94. The maximum Gasteiger partial charge on any atom is 0.305 e. The smallest absolute Gasteiger partial charge is 0.305 e. The van der Waals surface area contributed by atoms with E-state index in [4.69, 9.17) is 10.8 Å². The summed E-state index contributed by atoms with van der Waals surface area (Å²) >= 11 is 0. The van der Waals surface area contributed by atoms with Crippen molar-refractivity contribution < 1.29 is 9.90 Å². The predicted molar refractivity (Wildman–Crippen MR) is 82.2 cm³/mol. The van der Waals surface area contributed by atoms with Crippen LogP contribution in [0.2, 0.25) is 0 Å². The van der Waals surface area contributed by atoms with E-state index in [9.17, 15) is 4.79 Å². The summed E-state index contributed by atoms with van der Waals surface area (Å²) in [6.07, 6.45) is 6.43. The molecule has 1 aromatic carbocycles. The monoisotopic (exact) mass is 288 g/mol. The zero-order chi connectivity index (χ0) is 15.1. The lowest BCUT2D eigenvalue weighted by Crippen LogP contribution is -2.28. The Morgan fingerprint density at radius 3 is 2.81 bits per heavy atom. The number of carboxylic acid groups (broad SMARTS) is 1. The number of nitrogens with two attached hydrogens (primary N) is 1. The van der Waals surface area contributed by atoms with Gasteiger partial charge < -0.3 is 20.3 Å². The molecule has 0 aliphatic heterocycles. The molecular formula is C15H20N4O2. The second-order valence-electron chi connectivity index (χ2n) is 4.84. The van der Waals surface area contributed by atoms with Gasteiger partial charge in [-0.25, -0.2) is 4.98 Å². The van der Waals surface area contributed by atoms with Crippen LogP contribution >= 0.6 is 0 Å². The molecule has 0 saturated heterocycles. The van der Waals surface area contributed by atoms with Crippen molar-refractivity contribution in [1.82, 2.24) is 9.55 Å². The van der Waals surface area contributed by atoms with E-state index >= 15 is 0 Å². The fourth-order valence-electron chi connectivity index (χ4n) is 2.22. The molecule has 1 heterocycles. The Bertz CT molecular complexity index is 569. The van der Waals surface area contributed by atoms with Gasteiger partial charge in [0, 0.05) is 32.0 Å². The number of nitrogens with zero attached hydrogens (tertiary/aromatic N) is 3. The Labute approximate surface area is 123 Å². The molecule has 0 spiro atoms. The van der Waals surface area contributed by atoms with Crippen LogP contribution in [-0.4, -0.2) is 33.7 Å². The SMILES string of the molecule is Nc1ccccc1N(CCCn1ccnc1)CCC(=O)O. The van der Waals surface area contributed by atoms with Gasteiger partial charge >= 0.3 is 5.97 Å². The first kappa shape index (κ1) is 14.9. The zero-order valence-corrected chi connectivity index (χ0v) is 11.9. The van der Waals surface area contributed by atoms with Crippen molar-refractivity contribution in [2.45, 2.75) is 19.4 Å². The van der Waals surface area contributed by atoms with Gasteiger partial charge in [0.25, 0.3) is 0 Å². The summed E-state index contributed by atoms with van der Waals surface area (Å²) in [6.45, 7) is 2.05. The van der Waals surface area contributed by atoms with Gasteiger partial charge in [-0.3, -0.25) is 4.79 Å². The minimum atomic E-state index is -0.802. The van der Waals surface area contributed by atoms with Crippen molar-refractivity contribution in [3.05, 3.63) is 43.0 Å². The van der Waals surface area contributed by atoms with Gasteiger partial charge in [0.05, 0.1) is 24.1 Å². The van der Waals surface area contributed by atoms with Gasteiger partial charge in [0.1, 0.15) is 0 Å². The van der Waals surface area contributed by atoms with E-state index in [1.807, 2.05) is 39.9 Å². The predicted octanol–water partition coefficient (Wildman–Crippen LogP) is 1.84. The van der Waals surface area contributed by atoms with Crippen LogP contribution in [-0.2, 0) is 11.3 Å². The van der Waals surface area contributed by atoms with Crippen LogP contribution in [0.25, 0.3) is 0 Å². The zero-order valence-electron chi connectivity index (χ0n) is 11.9. The molecule has 0 radical (unpaired) electrons. The van der Waals surface area contributed by atoms with Crippen LogP contribution in [0.4, 0.5) is 11.4 Å². The van der Waals surface area contributed by atoms with Crippen LogP contribution in [0.1, 0.15) is 12.8 Å². The number of hydrogen-bond acceptors (Lipinski definition) is 4. The van der Waals surface area contributed by atoms with Gasteiger partial charge in [-0.1, -0.05) is 12.1 Å². The van der Waals surface area contributed by atoms with Crippen molar-refractivity contribution in [2.75, 3.05) is 23.7 Å². The third-order valence-corrected chi connectivity index (χ3v) is 3.28. The molecule has 6 heteroatoms. The Kier molecular flexibility index (Phi) is 5.20. The number of hydrogen-bond donors (Lipinski definition) is 2. The van der Waals surface area contributed by atoms with Crippen LogP contribution in [0.15, 0.2) is 43.0 Å². The fraction of sp³-hybridized carbons (Fsp3) is 0.333. The number of benzene rings is 1. The molecule has 0 aliphatic rings. The lowest BCUT2D eigenvalue weighted by Gasteiger charge is -2.25. The number of aromatic nitrogens is 2. The Hall–Kier alpha value is -2.50. The summed E-state index contributed by atoms with van der Waals surface area (Å²) in [5.74, 6) is -0.802. The van der Waals surface area contributed by atoms with Crippen molar-refractivity contribution in [1.29, 1.82) is 0 Å². The molecule has 21 heavy (non-hydrogen) atoms. The van der Waals surface area contributed by atoms with Gasteiger partial charge in [0.2, 0.25) is 0 Å². The molecule has 0 saturated carbocycles. The quantitative estimate of drug-likeness (QED) is 0.724. The number of para-hydroxylation sites is 2. The van der Waals surface area contributed by atoms with Crippen LogP contribution in [0.5, 0.6) is 0 Å². The normalized spacial score (nSPS) is 10.5. The number of carbonyl (C=O) groups is 1. The Morgan fingerprint density at radius 1 is 1.33 bits per heavy atom. The molecule has 0 unspecified atom stereocenters. The second-order valence-corrected chi connectivity index (χ2v) is 4.84. The lowest BCUT2D eigenvalue weighted by molar-refractivity contribution is -0.136. The molecule has 2 aromatic rings. The van der Waals surface area contributed by atoms with Crippen LogP contribution < -0.4 is 10.6 Å². The number of nitrogen functional groups attached to an aromatic ring is 1. The van der Waals surface area contributed by atoms with E-state index in [1.165, 1.54) is 0 Å². The van der Waals surface area contributed by atoms with Gasteiger partial charge in [-0.05, 0) is 18.6 Å². The number of rotatable bonds is 8. The molecule has 0 atom stereocenters. The van der Waals surface area contributed by atoms with E-state index in [0.29, 0.717) is 12.2 Å². The minimum Gasteiger partial charge on any atom is -0.481 e. The first-order valence-electron chi connectivity index (χ1n) is 6.94. The highest BCUT2D eigenvalue weighted by Gasteiger charge is 2.11. The largest absolute Gasteiger partial charge is 0.481 e. The standard InChI is InChI=1S/C15H20N4O2/c16-13-4-1-2-5-14(13)19(10-6-15(20)21)9-3-8-18-11-7-17-12-18/h1-2,4-5,7,11-12H,3,6,8-10,16H2,(H,20,21). The minimum absolute atomic E-state index is 0.0966. The summed E-state index contributed by atoms with van der Waals surface area (Å²) in [7, 11) is 0. The number of anilines is 2. The van der Waals surface area contributed by atoms with Crippen molar-refractivity contribution in [3.63, 3.8) is 0 Å². The Morgan fingerprint density at radius 2 is 2.14 bits per heavy atom. The van der Waals surface area contributed by atoms with E-state index in [0.717, 1.165) is 25.2 Å². The third kappa shape index (κ3) is 4.52. The topological polar surface area (TPSA) is 84.4 Å². The summed E-state index contributed by atoms with van der Waals surface area (Å²) in [4.78, 5) is 16.8. The van der Waals surface area contributed by atoms with E-state index in [1.54, 1.807) is 12.5 Å². The van der Waals surface area contributed by atoms with E-state index < -0.39 is 5.97 Å². The van der Waals surface area contributed by atoms with Crippen LogP contribution in [0, 0.1) is 0 Å². The molecular weight excluding hydrogens is 268 g/mol. The highest BCUT2D eigenvalue weighted by Crippen LogP contribution is 2.22. The lowest BCUT2D eigenvalue weighted by atomic mass is 10.2. The van der Waals surface area contributed by atoms with Crippen LogP contribution in [0.3, 0.4) is 0 Å². The van der Waals surface area contributed by atoms with Crippen molar-refractivity contribution in [2.24, 2.45) is 0 Å². The Balaban J connectivity index is 1.98. The summed E-state index contributed by atoms with van der Waals surface area (Å²) in [5.41, 5.74) is 7.55. The maximum atomic E-state index is 10.8. The summed E-state index contributed by atoms with van der Waals surface area (Å²) in [5, 5.41) is 8.88. The highest BCUT2D eigenvalue weighted by molar-refractivity contribution is 5.70. The van der Waals surface area contributed by atoms with E-state index in [-0.39, 0.29) is 6.42 Å². The molecule has 0 fully saturated rings. The molecule has 0 bridgehead atoms. The summed E-state index contributed by atoms with van der Waals surface area (Å²) in [6, 6.07) is 7.54. The average molecular weight is 288 g/mol. The van der Waals surface area contributed by atoms with E-state index in [2.05, 4.69) is 4.98 Å². The average Bonchev–Trinajstić information content (AvgIpc) is 2.96.